The molecule has 0 radical (unpaired) electrons. The molecule has 406 valence electrons. The third kappa shape index (κ3) is 17.1. The summed E-state index contributed by atoms with van der Waals surface area (Å²) < 4.78 is 21.4. The number of carboxylic acids is 2. The molecule has 3 saturated heterocycles. The second-order valence-corrected chi connectivity index (χ2v) is 18.4. The number of hydrogen-bond donors (Lipinski definition) is 17. The van der Waals surface area contributed by atoms with Crippen LogP contribution in [0.4, 0.5) is 4.79 Å². The molecule has 3 aliphatic heterocycles. The van der Waals surface area contributed by atoms with Gasteiger partial charge in [0.05, 0.1) is 50.8 Å². The van der Waals surface area contributed by atoms with Gasteiger partial charge in [0.1, 0.15) is 72.6 Å². The average Bonchev–Trinajstić information content (AvgIpc) is 3.29. The van der Waals surface area contributed by atoms with Gasteiger partial charge in [-0.15, -0.1) is 0 Å². The molecule has 0 aliphatic carbocycles. The van der Waals surface area contributed by atoms with E-state index in [0.717, 1.165) is 32.1 Å². The van der Waals surface area contributed by atoms with Crippen LogP contribution < -0.4 is 31.9 Å². The summed E-state index contributed by atoms with van der Waals surface area (Å²) in [6.07, 6.45) is -20.8. The molecule has 3 fully saturated rings. The van der Waals surface area contributed by atoms with Crippen LogP contribution in [0.3, 0.4) is 0 Å². The van der Waals surface area contributed by atoms with Crippen molar-refractivity contribution in [2.45, 2.75) is 188 Å². The number of carbonyl (C=O) groups is 8. The summed E-state index contributed by atoms with van der Waals surface area (Å²) in [5.41, 5.74) is -0.989. The molecule has 0 saturated carbocycles. The Morgan fingerprint density at radius 2 is 0.873 bits per heavy atom. The fraction of sp³-hybridized carbons (Fsp3) is 0.810. The highest BCUT2D eigenvalue weighted by Crippen LogP contribution is 2.25. The van der Waals surface area contributed by atoms with Crippen molar-refractivity contribution in [2.24, 2.45) is 0 Å². The lowest BCUT2D eigenvalue weighted by molar-refractivity contribution is -0.198. The predicted molar refractivity (Wildman–Crippen MR) is 235 cm³/mol. The van der Waals surface area contributed by atoms with E-state index in [-0.39, 0.29) is 6.54 Å². The zero-order chi connectivity index (χ0) is 53.5. The second kappa shape index (κ2) is 27.8. The Bertz CT molecular complexity index is 1820. The first-order valence-corrected chi connectivity index (χ1v) is 23.1. The van der Waals surface area contributed by atoms with Crippen LogP contribution in [0.15, 0.2) is 0 Å². The average molecular weight is 1030 g/mol. The molecule has 29 nitrogen and oxygen atoms in total. The Morgan fingerprint density at radius 1 is 0.521 bits per heavy atom. The van der Waals surface area contributed by atoms with Crippen molar-refractivity contribution in [3.05, 3.63) is 0 Å². The van der Waals surface area contributed by atoms with Crippen molar-refractivity contribution in [3.63, 3.8) is 0 Å². The minimum atomic E-state index is -2.30. The van der Waals surface area contributed by atoms with Gasteiger partial charge >= 0.3 is 18.0 Å². The fourth-order valence-electron chi connectivity index (χ4n) is 7.98. The third-order valence-electron chi connectivity index (χ3n) is 11.7. The van der Waals surface area contributed by atoms with Crippen LogP contribution in [0.5, 0.6) is 0 Å². The fourth-order valence-corrected chi connectivity index (χ4v) is 7.98. The molecule has 0 aromatic heterocycles. The zero-order valence-corrected chi connectivity index (χ0v) is 39.6. The molecule has 6 amide bonds. The monoisotopic (exact) mass is 1030 g/mol. The molecule has 71 heavy (non-hydrogen) atoms. The number of carboxylic acid groups (broad SMARTS) is 2. The number of unbranched alkanes of at least 4 members (excludes halogenated alkanes) is 5. The van der Waals surface area contributed by atoms with Crippen molar-refractivity contribution in [2.75, 3.05) is 26.4 Å². The predicted octanol–water partition coefficient (Wildman–Crippen LogP) is -7.31. The Morgan fingerprint density at radius 3 is 1.23 bits per heavy atom. The first kappa shape index (κ1) is 60.4. The summed E-state index contributed by atoms with van der Waals surface area (Å²) in [7, 11) is 0. The Labute approximate surface area is 406 Å². The van der Waals surface area contributed by atoms with Gasteiger partial charge in [-0.25, -0.2) is 14.4 Å². The van der Waals surface area contributed by atoms with Crippen LogP contribution in [-0.2, 0) is 52.5 Å². The maximum Gasteiger partial charge on any atom is 0.408 e. The summed E-state index contributed by atoms with van der Waals surface area (Å²) in [6.45, 7) is 4.03. The van der Waals surface area contributed by atoms with E-state index in [2.05, 4.69) is 28.2 Å². The maximum atomic E-state index is 13.3. The van der Waals surface area contributed by atoms with Crippen LogP contribution in [0.25, 0.3) is 0 Å². The first-order valence-electron chi connectivity index (χ1n) is 23.1. The molecule has 17 N–H and O–H groups in total. The van der Waals surface area contributed by atoms with Crippen LogP contribution in [0, 0.1) is 0 Å². The molecule has 29 heteroatoms. The van der Waals surface area contributed by atoms with E-state index >= 15 is 0 Å². The van der Waals surface area contributed by atoms with Gasteiger partial charge in [-0.3, -0.25) is 24.0 Å². The van der Waals surface area contributed by atoms with Gasteiger partial charge in [0, 0.05) is 6.54 Å². The largest absolute Gasteiger partial charge is 0.480 e. The number of rotatable bonds is 24. The van der Waals surface area contributed by atoms with Crippen molar-refractivity contribution in [1.82, 2.24) is 31.9 Å². The van der Waals surface area contributed by atoms with E-state index < -0.39 is 189 Å². The molecule has 3 heterocycles. The lowest BCUT2D eigenvalue weighted by Gasteiger charge is -2.42. The molecule has 3 aliphatic rings. The van der Waals surface area contributed by atoms with Gasteiger partial charge in [-0.05, 0) is 27.2 Å². The maximum absolute atomic E-state index is 13.3. The number of carbonyl (C=O) groups excluding carboxylic acids is 6. The number of aliphatic hydroxyl groups excluding tert-OH is 9. The van der Waals surface area contributed by atoms with Gasteiger partial charge in [0.2, 0.25) is 11.8 Å². The number of aliphatic hydroxyl groups is 9. The molecule has 0 unspecified atom stereocenters. The minimum Gasteiger partial charge on any atom is -0.480 e. The quantitative estimate of drug-likeness (QED) is 0.0399. The number of hydrogen-bond acceptors (Lipinski definition) is 21. The van der Waals surface area contributed by atoms with Crippen LogP contribution in [-0.4, -0.2) is 239 Å². The van der Waals surface area contributed by atoms with E-state index in [9.17, 15) is 94.5 Å². The zero-order valence-electron chi connectivity index (χ0n) is 39.6. The molecule has 17 atom stereocenters. The normalized spacial score (nSPS) is 31.7. The van der Waals surface area contributed by atoms with Gasteiger partial charge in [0.25, 0.3) is 17.7 Å². The van der Waals surface area contributed by atoms with Gasteiger partial charge < -0.3 is 107 Å². The molecule has 0 spiro atoms. The third-order valence-corrected chi connectivity index (χ3v) is 11.7. The summed E-state index contributed by atoms with van der Waals surface area (Å²) in [5.74, 6) is -9.76. The van der Waals surface area contributed by atoms with E-state index in [1.807, 2.05) is 10.6 Å². The first-order chi connectivity index (χ1) is 33.3. The van der Waals surface area contributed by atoms with Crippen molar-refractivity contribution < 1.29 is 113 Å². The molecule has 0 aromatic carbocycles. The van der Waals surface area contributed by atoms with Crippen LogP contribution in [0.1, 0.15) is 79.1 Å². The smallest absolute Gasteiger partial charge is 0.408 e. The second-order valence-electron chi connectivity index (χ2n) is 18.4. The molecule has 0 aromatic rings. The van der Waals surface area contributed by atoms with Gasteiger partial charge in [0.15, 0.2) is 18.3 Å². The molecular formula is C42H70N6O23. The van der Waals surface area contributed by atoms with Crippen molar-refractivity contribution in [3.8, 4) is 0 Å². The number of alkyl carbamates (subject to hydrolysis) is 1. The van der Waals surface area contributed by atoms with E-state index in [4.69, 9.17) is 18.9 Å². The Balaban J connectivity index is 1.60. The highest BCUT2D eigenvalue weighted by atomic mass is 16.6. The topological polar surface area (TPSA) is 468 Å². The molecule has 3 rings (SSSR count). The molecule has 0 bridgehead atoms. The summed E-state index contributed by atoms with van der Waals surface area (Å²) in [6, 6.07) is -9.15. The number of nitrogens with one attached hydrogen (secondary N) is 6. The van der Waals surface area contributed by atoms with E-state index in [1.165, 1.54) is 20.8 Å². The molecular weight excluding hydrogens is 956 g/mol. The van der Waals surface area contributed by atoms with E-state index in [1.54, 1.807) is 0 Å². The number of amides is 6. The van der Waals surface area contributed by atoms with E-state index in [0.29, 0.717) is 6.42 Å². The van der Waals surface area contributed by atoms with Crippen molar-refractivity contribution in [1.29, 1.82) is 0 Å². The van der Waals surface area contributed by atoms with Crippen LogP contribution in [0.2, 0.25) is 0 Å². The highest BCUT2D eigenvalue weighted by Gasteiger charge is 2.51. The Kier molecular flexibility index (Phi) is 23.6. The van der Waals surface area contributed by atoms with Crippen molar-refractivity contribution >= 4 is 47.6 Å². The lowest BCUT2D eigenvalue weighted by atomic mass is 9.91. The van der Waals surface area contributed by atoms with Crippen LogP contribution >= 0.6 is 0 Å². The Hall–Kier alpha value is -4.92. The minimum absolute atomic E-state index is 0.243. The summed E-state index contributed by atoms with van der Waals surface area (Å²) in [4.78, 5) is 102. The summed E-state index contributed by atoms with van der Waals surface area (Å²) in [5, 5.41) is 127. The number of ether oxygens (including phenoxy) is 4. The summed E-state index contributed by atoms with van der Waals surface area (Å²) >= 11 is 0. The number of aliphatic carboxylic acids is 2. The standard InChI is InChI=1S/C42H70N6O23/c1-5-6-7-8-9-10-11-43-36(60)33-30(57)27(54)24(19(14-49)68-33)46-22(52)12-17(39(63)64)44-37(61)34-31(58)28(55)25(20(15-50)69-34)47-23(53)13-18(40(65)66)45-38(62)35-32(59)29(56)26(21(16-51)70-35)48-41(67)71-42(2,3)4/h17-21,24-35,49-51,54-59H,5-16H2,1-4H3,(H,43,60)(H,44,61)(H,45,62)(H,46,52)(H,47,53)(H,48,67)(H,63,64)(H,65,66)/t17-,18-,19-,20+,21-,24-,25+,26-,27+,28-,29+,30-,31+,32-,33-,34+,35-/m1/s1. The highest BCUT2D eigenvalue weighted by molar-refractivity contribution is 5.92. The lowest BCUT2D eigenvalue weighted by Crippen LogP contribution is -2.68. The van der Waals surface area contributed by atoms with Gasteiger partial charge in [-0.2, -0.15) is 0 Å². The van der Waals surface area contributed by atoms with Gasteiger partial charge in [-0.1, -0.05) is 39.0 Å². The SMILES string of the molecule is CCCCCCCCNC(=O)[C@@H]1O[C@H](CO)[C@@H](NC(=O)C[C@@H](NC(=O)[C@H]2O[C@@H](CO)[C@H](NC(=O)C[C@@H](NC(=O)[C@@H]3O[C@H](CO)[C@@H](NC(=O)OC(C)(C)C)[C@H](O)[C@H]3O)C(=O)O)[C@@H](O)[C@@H]2O)C(=O)O)[C@H](O)[C@H]1O.